The first kappa shape index (κ1) is 11.8. The van der Waals surface area contributed by atoms with Gasteiger partial charge in [-0.25, -0.2) is 0 Å². The van der Waals surface area contributed by atoms with Crippen molar-refractivity contribution in [1.82, 2.24) is 9.78 Å². The Labute approximate surface area is 91.9 Å². The molecule has 0 bridgehead atoms. The van der Waals surface area contributed by atoms with E-state index in [4.69, 9.17) is 0 Å². The third-order valence-electron chi connectivity index (χ3n) is 2.41. The standard InChI is InChI=1S/C11H14N2.C2H6/c1-8(2)10-6-4-5-9-7-12-13(3)11(9)10;1-2/h4-8H,1-3H3;1-2H3. The number of para-hydroxylation sites is 1. The molecule has 2 aromatic rings. The fourth-order valence-electron chi connectivity index (χ4n) is 1.73. The first-order valence-corrected chi connectivity index (χ1v) is 5.61. The van der Waals surface area contributed by atoms with Gasteiger partial charge in [0.2, 0.25) is 0 Å². The van der Waals surface area contributed by atoms with Crippen LogP contribution in [0.3, 0.4) is 0 Å². The summed E-state index contributed by atoms with van der Waals surface area (Å²) >= 11 is 0. The Morgan fingerprint density at radius 1 is 1.20 bits per heavy atom. The van der Waals surface area contributed by atoms with E-state index in [-0.39, 0.29) is 0 Å². The van der Waals surface area contributed by atoms with Crippen molar-refractivity contribution >= 4 is 10.9 Å². The van der Waals surface area contributed by atoms with Crippen molar-refractivity contribution in [2.45, 2.75) is 33.6 Å². The minimum absolute atomic E-state index is 0.555. The molecule has 0 fully saturated rings. The van der Waals surface area contributed by atoms with E-state index in [2.05, 4.69) is 37.1 Å². The van der Waals surface area contributed by atoms with E-state index in [1.165, 1.54) is 16.5 Å². The molecule has 2 nitrogen and oxygen atoms in total. The van der Waals surface area contributed by atoms with Gasteiger partial charge >= 0.3 is 0 Å². The number of fused-ring (bicyclic) bond motifs is 1. The summed E-state index contributed by atoms with van der Waals surface area (Å²) in [5, 5.41) is 5.49. The third-order valence-corrected chi connectivity index (χ3v) is 2.41. The van der Waals surface area contributed by atoms with Gasteiger partial charge in [0, 0.05) is 12.4 Å². The zero-order valence-electron chi connectivity index (χ0n) is 10.3. The molecule has 1 heterocycles. The minimum atomic E-state index is 0.555. The summed E-state index contributed by atoms with van der Waals surface area (Å²) < 4.78 is 1.95. The second-order valence-electron chi connectivity index (χ2n) is 3.71. The SMILES string of the molecule is CC.CC(C)c1cccc2cnn(C)c12. The van der Waals surface area contributed by atoms with Crippen LogP contribution in [0.4, 0.5) is 0 Å². The van der Waals surface area contributed by atoms with E-state index in [1.54, 1.807) is 0 Å². The maximum Gasteiger partial charge on any atom is 0.0713 e. The van der Waals surface area contributed by atoms with Gasteiger partial charge in [0.1, 0.15) is 0 Å². The second-order valence-corrected chi connectivity index (χ2v) is 3.71. The quantitative estimate of drug-likeness (QED) is 0.692. The molecular weight excluding hydrogens is 184 g/mol. The van der Waals surface area contributed by atoms with Gasteiger partial charge in [-0.1, -0.05) is 45.9 Å². The molecule has 0 aliphatic rings. The summed E-state index contributed by atoms with van der Waals surface area (Å²) in [4.78, 5) is 0. The number of benzene rings is 1. The molecule has 0 saturated heterocycles. The summed E-state index contributed by atoms with van der Waals surface area (Å²) in [6.07, 6.45) is 1.92. The zero-order valence-corrected chi connectivity index (χ0v) is 10.3. The molecule has 0 aliphatic carbocycles. The Morgan fingerprint density at radius 3 is 2.47 bits per heavy atom. The van der Waals surface area contributed by atoms with Gasteiger partial charge in [-0.2, -0.15) is 5.10 Å². The van der Waals surface area contributed by atoms with Gasteiger partial charge < -0.3 is 0 Å². The lowest BCUT2D eigenvalue weighted by atomic mass is 10.0. The molecule has 0 saturated carbocycles. The number of rotatable bonds is 1. The van der Waals surface area contributed by atoms with E-state index in [9.17, 15) is 0 Å². The van der Waals surface area contributed by atoms with Gasteiger partial charge in [-0.15, -0.1) is 0 Å². The van der Waals surface area contributed by atoms with Crippen LogP contribution in [0.15, 0.2) is 24.4 Å². The Hall–Kier alpha value is -1.31. The Bertz CT molecular complexity index is 427. The predicted molar refractivity (Wildman–Crippen MR) is 66.2 cm³/mol. The first-order valence-electron chi connectivity index (χ1n) is 5.61. The van der Waals surface area contributed by atoms with Crippen molar-refractivity contribution in [3.63, 3.8) is 0 Å². The molecule has 82 valence electrons. The van der Waals surface area contributed by atoms with Crippen molar-refractivity contribution in [2.75, 3.05) is 0 Å². The van der Waals surface area contributed by atoms with Crippen LogP contribution in [0.25, 0.3) is 10.9 Å². The second kappa shape index (κ2) is 4.96. The average molecular weight is 204 g/mol. The minimum Gasteiger partial charge on any atom is -0.268 e. The fourth-order valence-corrected chi connectivity index (χ4v) is 1.73. The highest BCUT2D eigenvalue weighted by molar-refractivity contribution is 5.82. The van der Waals surface area contributed by atoms with Crippen molar-refractivity contribution in [1.29, 1.82) is 0 Å². The molecule has 0 radical (unpaired) electrons. The predicted octanol–water partition coefficient (Wildman–Crippen LogP) is 3.72. The van der Waals surface area contributed by atoms with Crippen molar-refractivity contribution in [3.8, 4) is 0 Å². The van der Waals surface area contributed by atoms with Crippen LogP contribution in [-0.4, -0.2) is 9.78 Å². The third kappa shape index (κ3) is 2.20. The molecule has 15 heavy (non-hydrogen) atoms. The smallest absolute Gasteiger partial charge is 0.0713 e. The monoisotopic (exact) mass is 204 g/mol. The normalized spacial score (nSPS) is 10.3. The molecule has 2 heteroatoms. The topological polar surface area (TPSA) is 17.8 Å². The van der Waals surface area contributed by atoms with Crippen LogP contribution < -0.4 is 0 Å². The van der Waals surface area contributed by atoms with Gasteiger partial charge in [0.15, 0.2) is 0 Å². The van der Waals surface area contributed by atoms with Crippen LogP contribution in [-0.2, 0) is 7.05 Å². The lowest BCUT2D eigenvalue weighted by Crippen LogP contribution is -1.95. The number of nitrogens with zero attached hydrogens (tertiary/aromatic N) is 2. The summed E-state index contributed by atoms with van der Waals surface area (Å²) in [5.74, 6) is 0.555. The number of aryl methyl sites for hydroxylation is 1. The van der Waals surface area contributed by atoms with E-state index in [0.29, 0.717) is 5.92 Å². The molecular formula is C13H20N2. The molecule has 2 rings (SSSR count). The summed E-state index contributed by atoms with van der Waals surface area (Å²) in [6.45, 7) is 8.42. The van der Waals surface area contributed by atoms with Crippen molar-refractivity contribution in [3.05, 3.63) is 30.0 Å². The van der Waals surface area contributed by atoms with Gasteiger partial charge in [0.25, 0.3) is 0 Å². The Balaban J connectivity index is 0.000000531. The number of hydrogen-bond acceptors (Lipinski definition) is 1. The number of aromatic nitrogens is 2. The number of hydrogen-bond donors (Lipinski definition) is 0. The highest BCUT2D eigenvalue weighted by Gasteiger charge is 2.07. The maximum atomic E-state index is 4.26. The molecule has 0 atom stereocenters. The average Bonchev–Trinajstić information content (AvgIpc) is 2.63. The molecule has 0 aliphatic heterocycles. The fraction of sp³-hybridized carbons (Fsp3) is 0.462. The zero-order chi connectivity index (χ0) is 11.4. The molecule has 0 spiro atoms. The molecule has 0 unspecified atom stereocenters. The van der Waals surface area contributed by atoms with E-state index >= 15 is 0 Å². The summed E-state index contributed by atoms with van der Waals surface area (Å²) in [7, 11) is 1.99. The molecule has 0 amide bonds. The van der Waals surface area contributed by atoms with Gasteiger partial charge in [-0.3, -0.25) is 4.68 Å². The van der Waals surface area contributed by atoms with E-state index in [0.717, 1.165) is 0 Å². The highest BCUT2D eigenvalue weighted by Crippen LogP contribution is 2.24. The van der Waals surface area contributed by atoms with Gasteiger partial charge in [0.05, 0.1) is 11.7 Å². The van der Waals surface area contributed by atoms with Gasteiger partial charge in [-0.05, 0) is 11.5 Å². The Kier molecular flexibility index (Phi) is 3.89. The van der Waals surface area contributed by atoms with Crippen LogP contribution in [0.2, 0.25) is 0 Å². The van der Waals surface area contributed by atoms with E-state index < -0.39 is 0 Å². The molecule has 1 aromatic carbocycles. The lowest BCUT2D eigenvalue weighted by Gasteiger charge is -2.07. The maximum absolute atomic E-state index is 4.26. The van der Waals surface area contributed by atoms with Crippen LogP contribution in [0, 0.1) is 0 Å². The Morgan fingerprint density at radius 2 is 1.87 bits per heavy atom. The van der Waals surface area contributed by atoms with Crippen molar-refractivity contribution in [2.24, 2.45) is 7.05 Å². The first-order chi connectivity index (χ1) is 7.20. The van der Waals surface area contributed by atoms with Crippen LogP contribution in [0.1, 0.15) is 39.2 Å². The van der Waals surface area contributed by atoms with Crippen molar-refractivity contribution < 1.29 is 0 Å². The lowest BCUT2D eigenvalue weighted by molar-refractivity contribution is 0.779. The largest absolute Gasteiger partial charge is 0.268 e. The highest BCUT2D eigenvalue weighted by atomic mass is 15.2. The summed E-state index contributed by atoms with van der Waals surface area (Å²) in [5.41, 5.74) is 2.63. The molecule has 1 aromatic heterocycles. The molecule has 0 N–H and O–H groups in total. The summed E-state index contributed by atoms with van der Waals surface area (Å²) in [6, 6.07) is 6.38. The van der Waals surface area contributed by atoms with Crippen LogP contribution >= 0.6 is 0 Å². The van der Waals surface area contributed by atoms with Crippen LogP contribution in [0.5, 0.6) is 0 Å². The van der Waals surface area contributed by atoms with E-state index in [1.807, 2.05) is 31.8 Å².